The van der Waals surface area contributed by atoms with Crippen LogP contribution in [0.5, 0.6) is 0 Å². The number of hydrogen-bond donors (Lipinski definition) is 2. The first kappa shape index (κ1) is 24.9. The van der Waals surface area contributed by atoms with Gasteiger partial charge in [-0.05, 0) is 102 Å². The third-order valence-corrected chi connectivity index (χ3v) is 5.55. The molecule has 2 aromatic carbocycles. The highest BCUT2D eigenvalue weighted by Crippen LogP contribution is 2.23. The molecule has 1 aliphatic carbocycles. The second kappa shape index (κ2) is 10.6. The van der Waals surface area contributed by atoms with Gasteiger partial charge in [0.1, 0.15) is 0 Å². The van der Waals surface area contributed by atoms with Crippen LogP contribution in [-0.4, -0.2) is 11.6 Å². The summed E-state index contributed by atoms with van der Waals surface area (Å²) in [6.45, 7) is 15.1. The van der Waals surface area contributed by atoms with Gasteiger partial charge in [-0.3, -0.25) is 9.59 Å². The maximum Gasteiger partial charge on any atom is 0.185 e. The lowest BCUT2D eigenvalue weighted by molar-refractivity contribution is -0.116. The standard InChI is InChI=1S/C10H12O2.2C8H11N/c1-5-6(2)10(12)8(4)7(3)9(5)11;2*1-6-3-4-8(9)5-7(6)2/h1-4H3;2*3-5H,9H2,1-2H3. The van der Waals surface area contributed by atoms with E-state index in [1.54, 1.807) is 27.7 Å². The number of Topliss-reactive ketones (excluding diaryl/α,β-unsaturated/α-hetero) is 2. The molecule has 0 spiro atoms. The van der Waals surface area contributed by atoms with Crippen molar-refractivity contribution in [2.45, 2.75) is 55.4 Å². The van der Waals surface area contributed by atoms with E-state index in [9.17, 15) is 9.59 Å². The first-order chi connectivity index (χ1) is 13.9. The number of carbonyl (C=O) groups is 2. The van der Waals surface area contributed by atoms with E-state index in [4.69, 9.17) is 11.5 Å². The number of ketones is 2. The third-order valence-electron chi connectivity index (χ3n) is 5.55. The van der Waals surface area contributed by atoms with Gasteiger partial charge in [0.15, 0.2) is 11.6 Å². The number of nitrogen functional groups attached to an aromatic ring is 2. The molecule has 4 N–H and O–H groups in total. The Morgan fingerprint density at radius 1 is 0.467 bits per heavy atom. The van der Waals surface area contributed by atoms with Crippen molar-refractivity contribution in [3.63, 3.8) is 0 Å². The predicted molar refractivity (Wildman–Crippen MR) is 127 cm³/mol. The molecule has 0 aliphatic heterocycles. The van der Waals surface area contributed by atoms with E-state index in [2.05, 4.69) is 27.7 Å². The molecule has 0 saturated heterocycles. The Morgan fingerprint density at radius 3 is 0.933 bits per heavy atom. The molecule has 30 heavy (non-hydrogen) atoms. The van der Waals surface area contributed by atoms with Crippen LogP contribution in [0.4, 0.5) is 11.4 Å². The number of carbonyl (C=O) groups excluding carboxylic acids is 2. The lowest BCUT2D eigenvalue weighted by atomic mass is 9.87. The van der Waals surface area contributed by atoms with E-state index >= 15 is 0 Å². The van der Waals surface area contributed by atoms with Crippen LogP contribution in [0.25, 0.3) is 0 Å². The van der Waals surface area contributed by atoms with Gasteiger partial charge in [-0.15, -0.1) is 0 Å². The quantitative estimate of drug-likeness (QED) is 0.441. The van der Waals surface area contributed by atoms with E-state index in [1.807, 2.05) is 36.4 Å². The first-order valence-corrected chi connectivity index (χ1v) is 9.96. The summed E-state index contributed by atoms with van der Waals surface area (Å²) >= 11 is 0. The molecular formula is C26H34N2O2. The zero-order valence-corrected chi connectivity index (χ0v) is 19.4. The largest absolute Gasteiger partial charge is 0.399 e. The summed E-state index contributed by atoms with van der Waals surface area (Å²) in [6.07, 6.45) is 0. The molecule has 0 saturated carbocycles. The first-order valence-electron chi connectivity index (χ1n) is 9.96. The lowest BCUT2D eigenvalue weighted by Crippen LogP contribution is -2.18. The van der Waals surface area contributed by atoms with Crippen LogP contribution in [0.3, 0.4) is 0 Å². The van der Waals surface area contributed by atoms with Crippen LogP contribution >= 0.6 is 0 Å². The second-order valence-electron chi connectivity index (χ2n) is 7.85. The number of anilines is 2. The van der Waals surface area contributed by atoms with E-state index in [0.29, 0.717) is 22.3 Å². The fourth-order valence-corrected chi connectivity index (χ4v) is 2.77. The molecule has 4 nitrogen and oxygen atoms in total. The minimum Gasteiger partial charge on any atom is -0.399 e. The highest BCUT2D eigenvalue weighted by molar-refractivity contribution is 6.24. The molecular weight excluding hydrogens is 372 g/mol. The van der Waals surface area contributed by atoms with Crippen molar-refractivity contribution in [2.75, 3.05) is 11.5 Å². The van der Waals surface area contributed by atoms with Gasteiger partial charge in [-0.2, -0.15) is 0 Å². The molecule has 4 heteroatoms. The van der Waals surface area contributed by atoms with Crippen LogP contribution < -0.4 is 11.5 Å². The van der Waals surface area contributed by atoms with Crippen molar-refractivity contribution in [1.29, 1.82) is 0 Å². The summed E-state index contributed by atoms with van der Waals surface area (Å²) in [4.78, 5) is 22.8. The summed E-state index contributed by atoms with van der Waals surface area (Å²) in [5, 5.41) is 0. The summed E-state index contributed by atoms with van der Waals surface area (Å²) in [5.74, 6) is 0.00852. The average Bonchev–Trinajstić information content (AvgIpc) is 2.70. The summed E-state index contributed by atoms with van der Waals surface area (Å²) in [7, 11) is 0. The van der Waals surface area contributed by atoms with Crippen molar-refractivity contribution in [2.24, 2.45) is 0 Å². The van der Waals surface area contributed by atoms with Gasteiger partial charge in [0.25, 0.3) is 0 Å². The van der Waals surface area contributed by atoms with Crippen LogP contribution in [-0.2, 0) is 9.59 Å². The number of aryl methyl sites for hydroxylation is 4. The molecule has 0 atom stereocenters. The fourth-order valence-electron chi connectivity index (χ4n) is 2.77. The van der Waals surface area contributed by atoms with Gasteiger partial charge in [-0.1, -0.05) is 12.1 Å². The minimum atomic E-state index is 0.00426. The average molecular weight is 407 g/mol. The SMILES string of the molecule is CC1=C(C)C(=O)C(C)=C(C)C1=O.Cc1ccc(N)cc1C.Cc1ccc(N)cc1C. The van der Waals surface area contributed by atoms with Crippen molar-refractivity contribution < 1.29 is 9.59 Å². The van der Waals surface area contributed by atoms with Crippen molar-refractivity contribution >= 4 is 22.9 Å². The molecule has 0 aromatic heterocycles. The number of hydrogen-bond acceptors (Lipinski definition) is 4. The molecule has 0 heterocycles. The molecule has 0 amide bonds. The molecule has 0 radical (unpaired) electrons. The van der Waals surface area contributed by atoms with Gasteiger partial charge in [0, 0.05) is 33.7 Å². The smallest absolute Gasteiger partial charge is 0.185 e. The number of rotatable bonds is 0. The maximum atomic E-state index is 11.4. The van der Waals surface area contributed by atoms with Crippen molar-refractivity contribution in [3.8, 4) is 0 Å². The van der Waals surface area contributed by atoms with Gasteiger partial charge >= 0.3 is 0 Å². The van der Waals surface area contributed by atoms with E-state index < -0.39 is 0 Å². The Morgan fingerprint density at radius 2 is 0.733 bits per heavy atom. The van der Waals surface area contributed by atoms with E-state index in [0.717, 1.165) is 11.4 Å². The van der Waals surface area contributed by atoms with E-state index in [1.165, 1.54) is 22.3 Å². The fraction of sp³-hybridized carbons (Fsp3) is 0.308. The van der Waals surface area contributed by atoms with Crippen LogP contribution in [0.1, 0.15) is 49.9 Å². The number of allylic oxidation sites excluding steroid dienone is 4. The Bertz CT molecular complexity index is 916. The highest BCUT2D eigenvalue weighted by atomic mass is 16.1. The molecule has 160 valence electrons. The third kappa shape index (κ3) is 6.45. The van der Waals surface area contributed by atoms with Crippen molar-refractivity contribution in [1.82, 2.24) is 0 Å². The van der Waals surface area contributed by atoms with Gasteiger partial charge in [-0.25, -0.2) is 0 Å². The maximum absolute atomic E-state index is 11.4. The minimum absolute atomic E-state index is 0.00426. The van der Waals surface area contributed by atoms with Gasteiger partial charge in [0.05, 0.1) is 0 Å². The second-order valence-corrected chi connectivity index (χ2v) is 7.85. The Hall–Kier alpha value is -3.14. The lowest BCUT2D eigenvalue weighted by Gasteiger charge is -2.15. The van der Waals surface area contributed by atoms with Crippen LogP contribution in [0, 0.1) is 27.7 Å². The van der Waals surface area contributed by atoms with Crippen molar-refractivity contribution in [3.05, 3.63) is 80.9 Å². The number of benzene rings is 2. The Balaban J connectivity index is 0.000000229. The summed E-state index contributed by atoms with van der Waals surface area (Å²) in [5.41, 5.74) is 20.2. The summed E-state index contributed by atoms with van der Waals surface area (Å²) in [6, 6.07) is 11.9. The normalized spacial score (nSPS) is 13.5. The molecule has 1 aliphatic rings. The topological polar surface area (TPSA) is 86.2 Å². The van der Waals surface area contributed by atoms with Gasteiger partial charge in [0.2, 0.25) is 0 Å². The molecule has 0 fully saturated rings. The Labute approximate surface area is 180 Å². The monoisotopic (exact) mass is 406 g/mol. The highest BCUT2D eigenvalue weighted by Gasteiger charge is 2.24. The zero-order chi connectivity index (χ0) is 23.2. The molecule has 0 bridgehead atoms. The molecule has 3 rings (SSSR count). The van der Waals surface area contributed by atoms with Crippen LogP contribution in [0.2, 0.25) is 0 Å². The number of nitrogens with two attached hydrogens (primary N) is 2. The van der Waals surface area contributed by atoms with Gasteiger partial charge < -0.3 is 11.5 Å². The Kier molecular flexibility index (Phi) is 8.78. The van der Waals surface area contributed by atoms with Crippen LogP contribution in [0.15, 0.2) is 58.7 Å². The summed E-state index contributed by atoms with van der Waals surface area (Å²) < 4.78 is 0. The molecule has 2 aromatic rings. The van der Waals surface area contributed by atoms with E-state index in [-0.39, 0.29) is 11.6 Å². The molecule has 0 unspecified atom stereocenters. The predicted octanol–water partition coefficient (Wildman–Crippen LogP) is 5.58. The zero-order valence-electron chi connectivity index (χ0n) is 19.4.